The average molecular weight is 802 g/mol. The van der Waals surface area contributed by atoms with Crippen LogP contribution in [0.4, 0.5) is 26.3 Å². The summed E-state index contributed by atoms with van der Waals surface area (Å²) in [5, 5.41) is 13.9. The quantitative estimate of drug-likeness (QED) is 0.170. The van der Waals surface area contributed by atoms with Crippen LogP contribution in [0.1, 0.15) is 96.5 Å². The highest BCUT2D eigenvalue weighted by atomic mass is 32.2. The first-order valence-electron chi connectivity index (χ1n) is 18.3. The van der Waals surface area contributed by atoms with Gasteiger partial charge in [-0.25, -0.2) is 21.6 Å². The summed E-state index contributed by atoms with van der Waals surface area (Å²) in [6.45, 7) is 3.19. The van der Waals surface area contributed by atoms with E-state index in [0.29, 0.717) is 47.1 Å². The standard InChI is InChI=1S/C39H49F6N3O6S/c1-26-7-4-5-15-48(16-11-35(49)46-36(26)29-9-10-34(33(23-29)39(43,44)45)54-19-6-8-31(42)24-40)55(52,53)20-12-32-27(2)21-30(22-28(32)3)37(50)47-17-13-38(51,25-41)14-18-47/h9-10,12,20-23,31,51H,4-8,11,13-19,24-25H2,1-3H3,(H,46,49)/b20-12+,36-26-. The fourth-order valence-corrected chi connectivity index (χ4v) is 7.87. The van der Waals surface area contributed by atoms with E-state index in [1.165, 1.54) is 16.4 Å². The van der Waals surface area contributed by atoms with Gasteiger partial charge in [0.05, 0.1) is 17.8 Å². The molecule has 2 N–H and O–H groups in total. The van der Waals surface area contributed by atoms with E-state index in [0.717, 1.165) is 17.5 Å². The van der Waals surface area contributed by atoms with Gasteiger partial charge in [-0.1, -0.05) is 0 Å². The fraction of sp³-hybridized carbons (Fsp3) is 0.538. The molecule has 1 unspecified atom stereocenters. The second-order valence-electron chi connectivity index (χ2n) is 14.3. The summed E-state index contributed by atoms with van der Waals surface area (Å²) in [5.74, 6) is -1.35. The van der Waals surface area contributed by atoms with Crippen molar-refractivity contribution in [3.05, 3.63) is 74.7 Å². The maximum Gasteiger partial charge on any atom is 0.419 e. The third-order valence-corrected chi connectivity index (χ3v) is 11.6. The van der Waals surface area contributed by atoms with E-state index in [1.807, 2.05) is 0 Å². The number of nitrogens with zero attached hydrogens (tertiary/aromatic N) is 2. The summed E-state index contributed by atoms with van der Waals surface area (Å²) in [4.78, 5) is 27.9. The third kappa shape index (κ3) is 11.8. The van der Waals surface area contributed by atoms with E-state index in [4.69, 9.17) is 4.74 Å². The second-order valence-corrected chi connectivity index (χ2v) is 16.1. The van der Waals surface area contributed by atoms with Gasteiger partial charge in [0.25, 0.3) is 5.91 Å². The second kappa shape index (κ2) is 18.8. The number of nitrogens with one attached hydrogen (secondary N) is 1. The number of allylic oxidation sites excluding steroid dienone is 1. The number of rotatable bonds is 12. The molecule has 2 aliphatic rings. The number of hydrogen-bond acceptors (Lipinski definition) is 6. The van der Waals surface area contributed by atoms with Crippen molar-refractivity contribution in [1.82, 2.24) is 14.5 Å². The molecular weight excluding hydrogens is 752 g/mol. The molecule has 1 fully saturated rings. The molecule has 1 saturated heterocycles. The van der Waals surface area contributed by atoms with Crippen LogP contribution in [0.15, 0.2) is 41.3 Å². The zero-order valence-corrected chi connectivity index (χ0v) is 32.1. The Hall–Kier alpha value is -3.89. The number of benzene rings is 2. The minimum atomic E-state index is -4.82. The molecule has 2 heterocycles. The maximum atomic E-state index is 14.1. The predicted molar refractivity (Wildman–Crippen MR) is 198 cm³/mol. The van der Waals surface area contributed by atoms with Crippen LogP contribution < -0.4 is 10.1 Å². The van der Waals surface area contributed by atoms with E-state index >= 15 is 0 Å². The van der Waals surface area contributed by atoms with Gasteiger partial charge < -0.3 is 20.1 Å². The van der Waals surface area contributed by atoms with Crippen LogP contribution in [0.5, 0.6) is 5.75 Å². The van der Waals surface area contributed by atoms with Gasteiger partial charge in [-0.15, -0.1) is 0 Å². The third-order valence-electron chi connectivity index (χ3n) is 9.99. The molecule has 2 aromatic carbocycles. The van der Waals surface area contributed by atoms with Crippen LogP contribution in [0, 0.1) is 13.8 Å². The number of hydrogen-bond donors (Lipinski definition) is 2. The van der Waals surface area contributed by atoms with Crippen molar-refractivity contribution in [2.75, 3.05) is 46.1 Å². The summed E-state index contributed by atoms with van der Waals surface area (Å²) >= 11 is 0. The lowest BCUT2D eigenvalue weighted by atomic mass is 9.92. The topological polar surface area (TPSA) is 116 Å². The number of ether oxygens (including phenoxy) is 1. The Bertz CT molecular complexity index is 1840. The van der Waals surface area contributed by atoms with Crippen LogP contribution in [-0.4, -0.2) is 92.5 Å². The number of carbonyl (C=O) groups excluding carboxylic acids is 2. The first-order chi connectivity index (χ1) is 25.9. The predicted octanol–water partition coefficient (Wildman–Crippen LogP) is 7.45. The van der Waals surface area contributed by atoms with Crippen molar-refractivity contribution in [3.8, 4) is 5.75 Å². The van der Waals surface area contributed by atoms with Gasteiger partial charge in [0.15, 0.2) is 0 Å². The molecule has 304 valence electrons. The van der Waals surface area contributed by atoms with Gasteiger partial charge in [-0.05, 0) is 130 Å². The number of carbonyl (C=O) groups is 2. The van der Waals surface area contributed by atoms with Crippen LogP contribution >= 0.6 is 0 Å². The Labute approximate surface area is 318 Å². The Morgan fingerprint density at radius 1 is 1.02 bits per heavy atom. The SMILES string of the molecule is C/C1=C(\c2ccc(OCCCC(F)CF)c(C(F)(F)F)c2)NC(=O)CCN(S(=O)(=O)/C=C/c2c(C)cc(C(=O)N3CCC(O)(CF)CC3)cc2C)CCCC1. The number of amides is 2. The average Bonchev–Trinajstić information content (AvgIpc) is 3.17. The zero-order chi connectivity index (χ0) is 40.6. The number of halogens is 6. The Morgan fingerprint density at radius 3 is 2.31 bits per heavy atom. The number of likely N-dealkylation sites (tertiary alicyclic amines) is 1. The molecule has 0 spiro atoms. The van der Waals surface area contributed by atoms with Crippen LogP contribution in [0.3, 0.4) is 0 Å². The van der Waals surface area contributed by atoms with Gasteiger partial charge in [0.2, 0.25) is 15.9 Å². The highest BCUT2D eigenvalue weighted by Crippen LogP contribution is 2.38. The molecular formula is C39H49F6N3O6S. The highest BCUT2D eigenvalue weighted by molar-refractivity contribution is 7.92. The molecule has 2 aromatic rings. The van der Waals surface area contributed by atoms with E-state index in [9.17, 15) is 49.5 Å². The lowest BCUT2D eigenvalue weighted by molar-refractivity contribution is -0.139. The number of alkyl halides is 6. The van der Waals surface area contributed by atoms with Gasteiger partial charge in [0, 0.05) is 49.3 Å². The van der Waals surface area contributed by atoms with Crippen molar-refractivity contribution in [3.63, 3.8) is 0 Å². The van der Waals surface area contributed by atoms with Crippen molar-refractivity contribution in [2.24, 2.45) is 0 Å². The first kappa shape index (κ1) is 43.8. The van der Waals surface area contributed by atoms with Crippen LogP contribution in [-0.2, 0) is 21.0 Å². The van der Waals surface area contributed by atoms with Crippen molar-refractivity contribution in [2.45, 2.75) is 90.1 Å². The number of sulfonamides is 1. The molecule has 2 aliphatic heterocycles. The summed E-state index contributed by atoms with van der Waals surface area (Å²) in [7, 11) is -4.05. The van der Waals surface area contributed by atoms with Crippen molar-refractivity contribution < 1.29 is 54.2 Å². The number of aliphatic hydroxyl groups is 1. The smallest absolute Gasteiger partial charge is 0.419 e. The molecule has 55 heavy (non-hydrogen) atoms. The largest absolute Gasteiger partial charge is 0.493 e. The number of aryl methyl sites for hydroxylation is 2. The molecule has 4 rings (SSSR count). The Balaban J connectivity index is 1.46. The summed E-state index contributed by atoms with van der Waals surface area (Å²) in [5.41, 5.74) is 0.611. The van der Waals surface area contributed by atoms with Crippen LogP contribution in [0.2, 0.25) is 0 Å². The molecule has 0 saturated carbocycles. The molecule has 1 atom stereocenters. The van der Waals surface area contributed by atoms with E-state index < -0.39 is 58.5 Å². The summed E-state index contributed by atoms with van der Waals surface area (Å²) in [6, 6.07) is 6.67. The minimum absolute atomic E-state index is 0.0131. The van der Waals surface area contributed by atoms with E-state index in [2.05, 4.69) is 5.32 Å². The highest BCUT2D eigenvalue weighted by Gasteiger charge is 2.36. The summed E-state index contributed by atoms with van der Waals surface area (Å²) < 4.78 is 115. The molecule has 0 aromatic heterocycles. The molecule has 0 bridgehead atoms. The normalized spacial score (nSPS) is 19.9. The van der Waals surface area contributed by atoms with Gasteiger partial charge in [0.1, 0.15) is 25.3 Å². The molecule has 2 amide bonds. The monoisotopic (exact) mass is 801 g/mol. The minimum Gasteiger partial charge on any atom is -0.493 e. The fourth-order valence-electron chi connectivity index (χ4n) is 6.66. The maximum absolute atomic E-state index is 14.1. The van der Waals surface area contributed by atoms with Crippen molar-refractivity contribution >= 4 is 33.6 Å². The lowest BCUT2D eigenvalue weighted by Gasteiger charge is -2.36. The van der Waals surface area contributed by atoms with Gasteiger partial charge in [-0.2, -0.15) is 17.5 Å². The lowest BCUT2D eigenvalue weighted by Crippen LogP contribution is -2.47. The molecule has 0 aliphatic carbocycles. The van der Waals surface area contributed by atoms with Crippen molar-refractivity contribution in [1.29, 1.82) is 0 Å². The Kier molecular flexibility index (Phi) is 15.0. The first-order valence-corrected chi connectivity index (χ1v) is 19.8. The van der Waals surface area contributed by atoms with E-state index in [-0.39, 0.29) is 82.1 Å². The number of piperidine rings is 1. The summed E-state index contributed by atoms with van der Waals surface area (Å²) in [6.07, 6.45) is -4.06. The zero-order valence-electron chi connectivity index (χ0n) is 31.3. The molecule has 0 radical (unpaired) electrons. The van der Waals surface area contributed by atoms with E-state index in [1.54, 1.807) is 37.8 Å². The van der Waals surface area contributed by atoms with Crippen LogP contribution in [0.25, 0.3) is 11.8 Å². The Morgan fingerprint density at radius 2 is 1.69 bits per heavy atom. The van der Waals surface area contributed by atoms with Gasteiger partial charge >= 0.3 is 6.18 Å². The molecule has 16 heteroatoms. The van der Waals surface area contributed by atoms with Gasteiger partial charge in [-0.3, -0.25) is 9.59 Å². The molecule has 9 nitrogen and oxygen atoms in total.